The fourth-order valence-electron chi connectivity index (χ4n) is 5.44. The molecule has 2 aromatic heterocycles. The molecule has 1 saturated heterocycles. The molecule has 43 heavy (non-hydrogen) atoms. The summed E-state index contributed by atoms with van der Waals surface area (Å²) in [6, 6.07) is 9.67. The molecular formula is C30H29F4N5O4. The van der Waals surface area contributed by atoms with Gasteiger partial charge in [-0.1, -0.05) is 12.6 Å². The van der Waals surface area contributed by atoms with Crippen LogP contribution < -0.4 is 9.47 Å². The Kier molecular flexibility index (Phi) is 8.02. The molecule has 1 aliphatic rings. The van der Waals surface area contributed by atoms with E-state index < -0.39 is 29.6 Å². The van der Waals surface area contributed by atoms with Gasteiger partial charge in [-0.2, -0.15) is 18.3 Å². The lowest BCUT2D eigenvalue weighted by atomic mass is 10.0. The minimum atomic E-state index is -4.77. The highest BCUT2D eigenvalue weighted by molar-refractivity contribution is 6.00. The Morgan fingerprint density at radius 1 is 1.05 bits per heavy atom. The summed E-state index contributed by atoms with van der Waals surface area (Å²) in [4.78, 5) is 21.5. The summed E-state index contributed by atoms with van der Waals surface area (Å²) >= 11 is 0. The van der Waals surface area contributed by atoms with Crippen LogP contribution in [0.3, 0.4) is 0 Å². The van der Waals surface area contributed by atoms with Crippen molar-refractivity contribution in [2.45, 2.75) is 19.1 Å². The monoisotopic (exact) mass is 599 g/mol. The zero-order valence-electron chi connectivity index (χ0n) is 23.7. The lowest BCUT2D eigenvalue weighted by Crippen LogP contribution is -2.50. The number of fused-ring (bicyclic) bond motifs is 1. The van der Waals surface area contributed by atoms with Crippen LogP contribution in [0.2, 0.25) is 0 Å². The quantitative estimate of drug-likeness (QED) is 0.223. The van der Waals surface area contributed by atoms with Gasteiger partial charge in [-0.05, 0) is 37.3 Å². The third kappa shape index (κ3) is 5.59. The number of amides is 1. The van der Waals surface area contributed by atoms with Gasteiger partial charge < -0.3 is 19.5 Å². The Balaban J connectivity index is 1.46. The second kappa shape index (κ2) is 11.6. The van der Waals surface area contributed by atoms with Gasteiger partial charge in [0.15, 0.2) is 11.3 Å². The predicted octanol–water partition coefficient (Wildman–Crippen LogP) is 5.45. The number of hydrogen-bond acceptors (Lipinski definition) is 7. The van der Waals surface area contributed by atoms with Gasteiger partial charge in [0, 0.05) is 48.9 Å². The minimum Gasteiger partial charge on any atom is -0.511 e. The molecule has 1 atom stereocenters. The fourth-order valence-corrected chi connectivity index (χ4v) is 5.44. The molecule has 0 radical (unpaired) electrons. The Morgan fingerprint density at radius 3 is 2.30 bits per heavy atom. The molecule has 0 unspecified atom stereocenters. The van der Waals surface area contributed by atoms with E-state index in [0.29, 0.717) is 21.4 Å². The van der Waals surface area contributed by atoms with Crippen LogP contribution in [0.15, 0.2) is 61.0 Å². The average Bonchev–Trinajstić information content (AvgIpc) is 3.39. The maximum absolute atomic E-state index is 14.3. The number of rotatable bonds is 7. The zero-order valence-corrected chi connectivity index (χ0v) is 23.7. The molecule has 13 heteroatoms. The number of halogens is 4. The first-order chi connectivity index (χ1) is 20.4. The van der Waals surface area contributed by atoms with Crippen molar-refractivity contribution in [2.75, 3.05) is 40.4 Å². The molecule has 1 amide bonds. The number of carbonyl (C=O) groups is 1. The van der Waals surface area contributed by atoms with Crippen molar-refractivity contribution in [1.29, 1.82) is 0 Å². The zero-order chi connectivity index (χ0) is 31.1. The Bertz CT molecular complexity index is 1680. The highest BCUT2D eigenvalue weighted by atomic mass is 19.4. The van der Waals surface area contributed by atoms with Gasteiger partial charge in [-0.3, -0.25) is 9.69 Å². The maximum atomic E-state index is 14.3. The summed E-state index contributed by atoms with van der Waals surface area (Å²) in [5.41, 5.74) is -0.447. The third-order valence-corrected chi connectivity index (χ3v) is 7.52. The Labute approximate surface area is 244 Å². The maximum Gasteiger partial charge on any atom is 0.433 e. The van der Waals surface area contributed by atoms with Gasteiger partial charge in [-0.15, -0.1) is 0 Å². The SMILES string of the molecule is C=C(O)[C@H](c1ccc(F)cc1OC)N1CCN(C(=O)c2cnn3c(C(F)(F)F)c(C)c(-c4ccc(OC)cc4)nc23)CC1. The van der Waals surface area contributed by atoms with Gasteiger partial charge in [0.25, 0.3) is 5.91 Å². The highest BCUT2D eigenvalue weighted by Crippen LogP contribution is 2.38. The molecule has 0 saturated carbocycles. The topological polar surface area (TPSA) is 92.4 Å². The number of methoxy groups -OCH3 is 2. The number of carbonyl (C=O) groups excluding carboxylic acids is 1. The van der Waals surface area contributed by atoms with Crippen LogP contribution in [0.5, 0.6) is 11.5 Å². The van der Waals surface area contributed by atoms with Crippen LogP contribution in [0.4, 0.5) is 17.6 Å². The van der Waals surface area contributed by atoms with Crippen molar-refractivity contribution in [3.63, 3.8) is 0 Å². The predicted molar refractivity (Wildman–Crippen MR) is 150 cm³/mol. The minimum absolute atomic E-state index is 0.0689. The standard InChI is InChI=1S/C30H29F4N5O4/c1-17-25(19-5-8-21(42-3)9-6-19)36-28-23(16-35-39(28)27(17)30(32,33)34)29(41)38-13-11-37(12-14-38)26(18(2)40)22-10-7-20(31)15-24(22)43-4/h5-10,15-16,26,40H,2,11-14H2,1,3-4H3/t26-/m1/s1. The summed E-state index contributed by atoms with van der Waals surface area (Å²) in [6.45, 7) is 5.94. The molecule has 0 spiro atoms. The van der Waals surface area contributed by atoms with Crippen molar-refractivity contribution in [3.8, 4) is 22.8 Å². The molecule has 0 aliphatic carbocycles. The number of piperazine rings is 1. The number of alkyl halides is 3. The van der Waals surface area contributed by atoms with Crippen molar-refractivity contribution >= 4 is 11.6 Å². The van der Waals surface area contributed by atoms with E-state index in [1.54, 1.807) is 24.3 Å². The van der Waals surface area contributed by atoms with Gasteiger partial charge in [0.05, 0.1) is 32.2 Å². The van der Waals surface area contributed by atoms with E-state index in [9.17, 15) is 27.5 Å². The summed E-state index contributed by atoms with van der Waals surface area (Å²) < 4.78 is 67.8. The molecule has 226 valence electrons. The number of nitrogens with zero attached hydrogens (tertiary/aromatic N) is 5. The molecular weight excluding hydrogens is 570 g/mol. The van der Waals surface area contributed by atoms with Crippen LogP contribution in [-0.4, -0.2) is 75.8 Å². The van der Waals surface area contributed by atoms with Crippen molar-refractivity contribution in [3.05, 3.63) is 89.2 Å². The van der Waals surface area contributed by atoms with Crippen LogP contribution in [0.25, 0.3) is 16.9 Å². The summed E-state index contributed by atoms with van der Waals surface area (Å²) in [7, 11) is 2.87. The molecule has 1 aliphatic heterocycles. The summed E-state index contributed by atoms with van der Waals surface area (Å²) in [5.74, 6) is -0.446. The lowest BCUT2D eigenvalue weighted by molar-refractivity contribution is -0.143. The first kappa shape index (κ1) is 29.8. The number of ether oxygens (including phenoxy) is 2. The van der Waals surface area contributed by atoms with E-state index in [0.717, 1.165) is 6.20 Å². The fraction of sp³-hybridized carbons (Fsp3) is 0.300. The van der Waals surface area contributed by atoms with E-state index in [-0.39, 0.29) is 60.2 Å². The molecule has 1 fully saturated rings. The van der Waals surface area contributed by atoms with Gasteiger partial charge in [0.2, 0.25) is 0 Å². The molecule has 0 bridgehead atoms. The Hall–Kier alpha value is -4.65. The van der Waals surface area contributed by atoms with Crippen molar-refractivity contribution < 1.29 is 36.9 Å². The molecule has 9 nitrogen and oxygen atoms in total. The van der Waals surface area contributed by atoms with Crippen molar-refractivity contribution in [1.82, 2.24) is 24.4 Å². The summed E-state index contributed by atoms with van der Waals surface area (Å²) in [5, 5.41) is 14.4. The normalized spacial score (nSPS) is 15.0. The van der Waals surface area contributed by atoms with Gasteiger partial charge >= 0.3 is 6.18 Å². The largest absolute Gasteiger partial charge is 0.511 e. The van der Waals surface area contributed by atoms with Crippen LogP contribution in [0, 0.1) is 12.7 Å². The number of aromatic nitrogens is 3. The molecule has 2 aromatic carbocycles. The lowest BCUT2D eigenvalue weighted by Gasteiger charge is -2.39. The van der Waals surface area contributed by atoms with Crippen LogP contribution in [0.1, 0.15) is 33.2 Å². The first-order valence-corrected chi connectivity index (χ1v) is 13.3. The van der Waals surface area contributed by atoms with E-state index in [1.807, 2.05) is 4.90 Å². The smallest absolute Gasteiger partial charge is 0.433 e. The van der Waals surface area contributed by atoms with E-state index >= 15 is 0 Å². The first-order valence-electron chi connectivity index (χ1n) is 13.3. The summed E-state index contributed by atoms with van der Waals surface area (Å²) in [6.07, 6.45) is -3.67. The van der Waals surface area contributed by atoms with E-state index in [4.69, 9.17) is 9.47 Å². The molecule has 1 N–H and O–H groups in total. The second-order valence-corrected chi connectivity index (χ2v) is 10.1. The second-order valence-electron chi connectivity index (χ2n) is 10.1. The number of benzene rings is 2. The number of hydrogen-bond donors (Lipinski definition) is 1. The van der Waals surface area contributed by atoms with E-state index in [2.05, 4.69) is 16.7 Å². The van der Waals surface area contributed by atoms with Crippen molar-refractivity contribution in [2.24, 2.45) is 0 Å². The van der Waals surface area contributed by atoms with Gasteiger partial charge in [-0.25, -0.2) is 13.9 Å². The number of aliphatic hydroxyl groups is 1. The highest BCUT2D eigenvalue weighted by Gasteiger charge is 2.39. The molecule has 3 heterocycles. The van der Waals surface area contributed by atoms with Gasteiger partial charge in [0.1, 0.15) is 28.6 Å². The third-order valence-electron chi connectivity index (χ3n) is 7.52. The van der Waals surface area contributed by atoms with Crippen LogP contribution in [-0.2, 0) is 6.18 Å². The molecule has 5 rings (SSSR count). The number of aliphatic hydroxyl groups excluding tert-OH is 1. The Morgan fingerprint density at radius 2 is 1.72 bits per heavy atom. The average molecular weight is 600 g/mol. The van der Waals surface area contributed by atoms with Crippen LogP contribution >= 0.6 is 0 Å². The molecule has 4 aromatic rings. The van der Waals surface area contributed by atoms with E-state index in [1.165, 1.54) is 44.2 Å².